The third-order valence-corrected chi connectivity index (χ3v) is 6.00. The third kappa shape index (κ3) is 4.86. The molecular formula is C27H32N2O5. The highest BCUT2D eigenvalue weighted by atomic mass is 16.5. The molecule has 5 rings (SSSR count). The number of benzene rings is 2. The van der Waals surface area contributed by atoms with Crippen LogP contribution in [-0.4, -0.2) is 48.3 Å². The molecule has 7 heteroatoms. The number of esters is 1. The molecule has 2 aliphatic heterocycles. The number of morpholine rings is 1. The molecule has 3 heterocycles. The van der Waals surface area contributed by atoms with Crippen LogP contribution in [0, 0.1) is 0 Å². The smallest absolute Gasteiger partial charge is 0.343 e. The average molecular weight is 465 g/mol. The predicted molar refractivity (Wildman–Crippen MR) is 131 cm³/mol. The van der Waals surface area contributed by atoms with E-state index in [0.717, 1.165) is 29.7 Å². The molecule has 180 valence electrons. The SMILES string of the molecule is CC.CCOC(=O)c1cn2c3c(cc(CN4CCOCC4)cc3c1=O)OC(c1ccccc1)C2. The lowest BCUT2D eigenvalue weighted by atomic mass is 10.0. The molecule has 1 atom stereocenters. The van der Waals surface area contributed by atoms with Crippen LogP contribution in [0.15, 0.2) is 53.5 Å². The molecule has 0 amide bonds. The van der Waals surface area contributed by atoms with Gasteiger partial charge in [0, 0.05) is 25.8 Å². The summed E-state index contributed by atoms with van der Waals surface area (Å²) in [5.41, 5.74) is 2.49. The van der Waals surface area contributed by atoms with Crippen molar-refractivity contribution < 1.29 is 19.0 Å². The van der Waals surface area contributed by atoms with Gasteiger partial charge >= 0.3 is 5.97 Å². The summed E-state index contributed by atoms with van der Waals surface area (Å²) in [6.07, 6.45) is 1.40. The first-order valence-corrected chi connectivity index (χ1v) is 12.0. The molecule has 1 fully saturated rings. The Morgan fingerprint density at radius 3 is 2.56 bits per heavy atom. The molecule has 2 aliphatic rings. The van der Waals surface area contributed by atoms with Crippen molar-refractivity contribution in [1.82, 2.24) is 9.47 Å². The van der Waals surface area contributed by atoms with Crippen LogP contribution in [0.5, 0.6) is 5.75 Å². The Morgan fingerprint density at radius 2 is 1.85 bits per heavy atom. The normalized spacial score (nSPS) is 17.4. The molecule has 3 aromatic rings. The molecule has 0 spiro atoms. The maximum Gasteiger partial charge on any atom is 0.343 e. The molecule has 0 saturated carbocycles. The Bertz CT molecular complexity index is 1200. The van der Waals surface area contributed by atoms with E-state index in [-0.39, 0.29) is 23.7 Å². The Kier molecular flexibility index (Phi) is 7.65. The van der Waals surface area contributed by atoms with Crippen molar-refractivity contribution in [3.63, 3.8) is 0 Å². The first-order valence-electron chi connectivity index (χ1n) is 12.0. The van der Waals surface area contributed by atoms with Crippen LogP contribution in [0.3, 0.4) is 0 Å². The summed E-state index contributed by atoms with van der Waals surface area (Å²) < 4.78 is 19.0. The van der Waals surface area contributed by atoms with E-state index in [1.165, 1.54) is 0 Å². The summed E-state index contributed by atoms with van der Waals surface area (Å²) in [5.74, 6) is 0.0735. The van der Waals surface area contributed by atoms with Crippen molar-refractivity contribution in [3.05, 3.63) is 75.6 Å². The van der Waals surface area contributed by atoms with Crippen molar-refractivity contribution in [1.29, 1.82) is 0 Å². The zero-order valence-electron chi connectivity index (χ0n) is 20.1. The van der Waals surface area contributed by atoms with E-state index in [4.69, 9.17) is 14.2 Å². The fraction of sp³-hybridized carbons (Fsp3) is 0.407. The number of aromatic nitrogens is 1. The number of pyridine rings is 1. The van der Waals surface area contributed by atoms with E-state index in [1.807, 2.05) is 60.9 Å². The summed E-state index contributed by atoms with van der Waals surface area (Å²) in [6, 6.07) is 13.9. The molecule has 0 N–H and O–H groups in total. The summed E-state index contributed by atoms with van der Waals surface area (Å²) in [5, 5.41) is 0.489. The van der Waals surface area contributed by atoms with Crippen molar-refractivity contribution in [3.8, 4) is 5.75 Å². The number of carbonyl (C=O) groups is 1. The number of hydrogen-bond donors (Lipinski definition) is 0. The van der Waals surface area contributed by atoms with E-state index >= 15 is 0 Å². The zero-order chi connectivity index (χ0) is 24.1. The topological polar surface area (TPSA) is 70.0 Å². The van der Waals surface area contributed by atoms with Gasteiger partial charge in [-0.25, -0.2) is 4.79 Å². The maximum absolute atomic E-state index is 13.3. The second kappa shape index (κ2) is 10.8. The van der Waals surface area contributed by atoms with Crippen LogP contribution in [-0.2, 0) is 22.6 Å². The lowest BCUT2D eigenvalue weighted by Crippen LogP contribution is -2.35. The standard InChI is InChI=1S/C25H26N2O5.C2H6/c1-2-31-25(29)20-15-27-16-22(18-6-4-3-5-7-18)32-21-13-17(12-19(23(21)27)24(20)28)14-26-8-10-30-11-9-26;1-2/h3-7,12-13,15,22H,2,8-11,14,16H2,1H3;1-2H3. The van der Waals surface area contributed by atoms with Crippen LogP contribution in [0.1, 0.15) is 48.4 Å². The monoisotopic (exact) mass is 464 g/mol. The molecule has 7 nitrogen and oxygen atoms in total. The van der Waals surface area contributed by atoms with E-state index in [1.54, 1.807) is 13.1 Å². The van der Waals surface area contributed by atoms with Gasteiger partial charge in [-0.1, -0.05) is 44.2 Å². The third-order valence-electron chi connectivity index (χ3n) is 6.00. The number of carbonyl (C=O) groups excluding carboxylic acids is 1. The zero-order valence-corrected chi connectivity index (χ0v) is 20.1. The Morgan fingerprint density at radius 1 is 1.12 bits per heavy atom. The maximum atomic E-state index is 13.3. The van der Waals surface area contributed by atoms with Gasteiger partial charge in [-0.05, 0) is 30.2 Å². The van der Waals surface area contributed by atoms with Gasteiger partial charge in [0.15, 0.2) is 0 Å². The predicted octanol–water partition coefficient (Wildman–Crippen LogP) is 4.17. The van der Waals surface area contributed by atoms with Gasteiger partial charge in [-0.15, -0.1) is 0 Å². The van der Waals surface area contributed by atoms with Gasteiger partial charge in [0.05, 0.1) is 37.3 Å². The Balaban J connectivity index is 0.00000133. The second-order valence-corrected chi connectivity index (χ2v) is 8.14. The Labute approximate surface area is 199 Å². The lowest BCUT2D eigenvalue weighted by Gasteiger charge is -2.30. The van der Waals surface area contributed by atoms with Crippen molar-refractivity contribution in [2.45, 2.75) is 40.0 Å². The molecule has 34 heavy (non-hydrogen) atoms. The number of nitrogens with zero attached hydrogens (tertiary/aromatic N) is 2. The van der Waals surface area contributed by atoms with Crippen LogP contribution in [0.2, 0.25) is 0 Å². The summed E-state index contributed by atoms with van der Waals surface area (Å²) in [6.45, 7) is 10.2. The number of ether oxygens (including phenoxy) is 3. The molecule has 0 aliphatic carbocycles. The molecule has 1 saturated heterocycles. The van der Waals surface area contributed by atoms with Crippen molar-refractivity contribution >= 4 is 16.9 Å². The fourth-order valence-electron chi connectivity index (χ4n) is 4.47. The van der Waals surface area contributed by atoms with Gasteiger partial charge in [0.1, 0.15) is 17.4 Å². The van der Waals surface area contributed by atoms with Crippen molar-refractivity contribution in [2.75, 3.05) is 32.9 Å². The summed E-state index contributed by atoms with van der Waals surface area (Å²) >= 11 is 0. The Hall–Kier alpha value is -3.16. The van der Waals surface area contributed by atoms with Crippen LogP contribution < -0.4 is 10.2 Å². The fourth-order valence-corrected chi connectivity index (χ4v) is 4.47. The highest BCUT2D eigenvalue weighted by Gasteiger charge is 2.27. The van der Waals surface area contributed by atoms with Crippen LogP contribution in [0.25, 0.3) is 10.9 Å². The van der Waals surface area contributed by atoms with Gasteiger partial charge in [0.2, 0.25) is 5.43 Å². The van der Waals surface area contributed by atoms with E-state index in [0.29, 0.717) is 37.4 Å². The first-order chi connectivity index (χ1) is 16.6. The average Bonchev–Trinajstić information content (AvgIpc) is 2.88. The van der Waals surface area contributed by atoms with E-state index < -0.39 is 5.97 Å². The highest BCUT2D eigenvalue weighted by molar-refractivity contribution is 5.95. The molecule has 1 unspecified atom stereocenters. The quantitative estimate of drug-likeness (QED) is 0.528. The molecule has 0 radical (unpaired) electrons. The lowest BCUT2D eigenvalue weighted by molar-refractivity contribution is 0.0341. The second-order valence-electron chi connectivity index (χ2n) is 8.14. The van der Waals surface area contributed by atoms with Gasteiger partial charge in [-0.2, -0.15) is 0 Å². The minimum Gasteiger partial charge on any atom is -0.482 e. The van der Waals surface area contributed by atoms with Crippen LogP contribution >= 0.6 is 0 Å². The van der Waals surface area contributed by atoms with E-state index in [9.17, 15) is 9.59 Å². The number of rotatable bonds is 5. The minimum absolute atomic E-state index is 0.0579. The first kappa shape index (κ1) is 24.0. The highest BCUT2D eigenvalue weighted by Crippen LogP contribution is 2.36. The van der Waals surface area contributed by atoms with Crippen LogP contribution in [0.4, 0.5) is 0 Å². The van der Waals surface area contributed by atoms with Crippen molar-refractivity contribution in [2.24, 2.45) is 0 Å². The van der Waals surface area contributed by atoms with Gasteiger partial charge in [-0.3, -0.25) is 9.69 Å². The largest absolute Gasteiger partial charge is 0.482 e. The molecule has 0 bridgehead atoms. The minimum atomic E-state index is -0.592. The van der Waals surface area contributed by atoms with E-state index in [2.05, 4.69) is 4.90 Å². The van der Waals surface area contributed by atoms with Gasteiger partial charge < -0.3 is 18.8 Å². The summed E-state index contributed by atoms with van der Waals surface area (Å²) in [4.78, 5) is 28.1. The molecule has 2 aromatic carbocycles. The molecular weight excluding hydrogens is 432 g/mol. The number of hydrogen-bond acceptors (Lipinski definition) is 6. The molecule has 1 aromatic heterocycles. The summed E-state index contributed by atoms with van der Waals surface area (Å²) in [7, 11) is 0. The van der Waals surface area contributed by atoms with Gasteiger partial charge in [0.25, 0.3) is 0 Å².